The minimum absolute atomic E-state index is 0.0655. The van der Waals surface area contributed by atoms with Gasteiger partial charge in [-0.1, -0.05) is 30.3 Å². The highest BCUT2D eigenvalue weighted by molar-refractivity contribution is 7.91. The van der Waals surface area contributed by atoms with E-state index in [9.17, 15) is 13.2 Å². The molecule has 0 saturated carbocycles. The van der Waals surface area contributed by atoms with Gasteiger partial charge in [-0.25, -0.2) is 8.42 Å². The molecule has 0 heterocycles. The van der Waals surface area contributed by atoms with Crippen LogP contribution in [0.4, 0.5) is 17.1 Å². The van der Waals surface area contributed by atoms with Gasteiger partial charge in [0.15, 0.2) is 0 Å². The minimum atomic E-state index is -3.78. The number of azo groups is 1. The Hall–Kier alpha value is -3.32. The normalized spacial score (nSPS) is 11.4. The minimum Gasteiger partial charge on any atom is -0.329 e. The number of amides is 1. The van der Waals surface area contributed by atoms with E-state index >= 15 is 0 Å². The lowest BCUT2D eigenvalue weighted by atomic mass is 10.3. The van der Waals surface area contributed by atoms with Crippen molar-refractivity contribution in [3.8, 4) is 0 Å². The number of carbonyl (C=O) groups excluding carboxylic acids is 1. The van der Waals surface area contributed by atoms with Gasteiger partial charge >= 0.3 is 0 Å². The smallest absolute Gasteiger partial charge is 0.211 e. The van der Waals surface area contributed by atoms with Crippen LogP contribution in [-0.2, 0) is 14.6 Å². The summed E-state index contributed by atoms with van der Waals surface area (Å²) in [5, 5.41) is 10.7. The first kappa shape index (κ1) is 17.5. The lowest BCUT2D eigenvalue weighted by Gasteiger charge is -2.08. The number of sulfone groups is 1. The van der Waals surface area contributed by atoms with E-state index in [1.165, 1.54) is 30.3 Å². The molecule has 0 aliphatic rings. The highest BCUT2D eigenvalue weighted by Crippen LogP contribution is 2.31. The fraction of sp³-hybridized carbons (Fsp3) is 0. The van der Waals surface area contributed by atoms with E-state index in [0.29, 0.717) is 17.8 Å². The first-order chi connectivity index (χ1) is 12.6. The summed E-state index contributed by atoms with van der Waals surface area (Å²) in [6, 6.07) is 21.4. The molecule has 3 rings (SSSR count). The second-order valence-corrected chi connectivity index (χ2v) is 7.21. The average molecular weight is 365 g/mol. The van der Waals surface area contributed by atoms with Crippen molar-refractivity contribution >= 4 is 33.3 Å². The Kier molecular flexibility index (Phi) is 5.19. The van der Waals surface area contributed by atoms with E-state index in [2.05, 4.69) is 15.5 Å². The molecule has 7 heteroatoms. The van der Waals surface area contributed by atoms with E-state index in [4.69, 9.17) is 0 Å². The third kappa shape index (κ3) is 3.84. The summed E-state index contributed by atoms with van der Waals surface area (Å²) in [4.78, 5) is 10.6. The summed E-state index contributed by atoms with van der Waals surface area (Å²) in [6.07, 6.45) is 0.531. The Balaban J connectivity index is 1.98. The largest absolute Gasteiger partial charge is 0.329 e. The molecule has 0 bridgehead atoms. The van der Waals surface area contributed by atoms with Crippen molar-refractivity contribution in [2.75, 3.05) is 5.32 Å². The van der Waals surface area contributed by atoms with Gasteiger partial charge in [0.05, 0.1) is 15.5 Å². The van der Waals surface area contributed by atoms with Crippen molar-refractivity contribution in [2.45, 2.75) is 9.79 Å². The zero-order valence-electron chi connectivity index (χ0n) is 13.6. The number of benzene rings is 3. The average Bonchev–Trinajstić information content (AvgIpc) is 2.68. The maximum atomic E-state index is 12.9. The van der Waals surface area contributed by atoms with E-state index < -0.39 is 9.84 Å². The monoisotopic (exact) mass is 365 g/mol. The summed E-state index contributed by atoms with van der Waals surface area (Å²) in [7, 11) is -3.78. The number of hydrogen-bond donors (Lipinski definition) is 1. The number of nitrogens with one attached hydrogen (secondary N) is 1. The summed E-state index contributed by atoms with van der Waals surface area (Å²) in [5.74, 6) is 0. The highest BCUT2D eigenvalue weighted by Gasteiger charge is 2.21. The fourth-order valence-corrected chi connectivity index (χ4v) is 3.69. The molecule has 0 spiro atoms. The van der Waals surface area contributed by atoms with Gasteiger partial charge in [-0.15, -0.1) is 5.11 Å². The molecule has 3 aromatic carbocycles. The van der Waals surface area contributed by atoms with Crippen LogP contribution in [0.2, 0.25) is 0 Å². The molecule has 0 aliphatic carbocycles. The van der Waals surface area contributed by atoms with Crippen LogP contribution in [0, 0.1) is 0 Å². The number of hydrogen-bond acceptors (Lipinski definition) is 5. The van der Waals surface area contributed by atoms with Crippen LogP contribution < -0.4 is 5.32 Å². The SMILES string of the molecule is O=CNc1ccc(S(=O)(=O)c2ccccc2N=Nc2ccccc2)cc1. The molecule has 26 heavy (non-hydrogen) atoms. The molecule has 0 aliphatic heterocycles. The molecule has 0 atom stereocenters. The van der Waals surface area contributed by atoms with Crippen LogP contribution in [0.1, 0.15) is 0 Å². The molecule has 0 aromatic heterocycles. The van der Waals surface area contributed by atoms with Gasteiger partial charge in [0, 0.05) is 5.69 Å². The Bertz CT molecular complexity index is 1030. The van der Waals surface area contributed by atoms with Crippen LogP contribution in [0.25, 0.3) is 0 Å². The van der Waals surface area contributed by atoms with Crippen molar-refractivity contribution in [1.82, 2.24) is 0 Å². The third-order valence-electron chi connectivity index (χ3n) is 3.57. The summed E-state index contributed by atoms with van der Waals surface area (Å²) in [6.45, 7) is 0. The third-order valence-corrected chi connectivity index (χ3v) is 5.39. The second kappa shape index (κ2) is 7.71. The Morgan fingerprint density at radius 2 is 1.42 bits per heavy atom. The first-order valence-corrected chi connectivity index (χ1v) is 9.21. The van der Waals surface area contributed by atoms with Gasteiger partial charge in [0.25, 0.3) is 0 Å². The first-order valence-electron chi connectivity index (χ1n) is 7.72. The molecule has 130 valence electrons. The van der Waals surface area contributed by atoms with Crippen LogP contribution in [0.5, 0.6) is 0 Å². The fourth-order valence-electron chi connectivity index (χ4n) is 2.30. The lowest BCUT2D eigenvalue weighted by molar-refractivity contribution is -0.105. The van der Waals surface area contributed by atoms with Gasteiger partial charge in [-0.2, -0.15) is 5.11 Å². The van der Waals surface area contributed by atoms with Crippen LogP contribution in [0.15, 0.2) is 98.9 Å². The topological polar surface area (TPSA) is 88.0 Å². The van der Waals surface area contributed by atoms with Crippen molar-refractivity contribution in [3.05, 3.63) is 78.9 Å². The summed E-state index contributed by atoms with van der Waals surface area (Å²) >= 11 is 0. The number of anilines is 1. The Morgan fingerprint density at radius 3 is 2.12 bits per heavy atom. The zero-order valence-corrected chi connectivity index (χ0v) is 14.4. The molecule has 1 amide bonds. The molecule has 0 radical (unpaired) electrons. The number of nitrogens with zero attached hydrogens (tertiary/aromatic N) is 2. The van der Waals surface area contributed by atoms with E-state index in [1.807, 2.05) is 18.2 Å². The van der Waals surface area contributed by atoms with Gasteiger partial charge in [-0.3, -0.25) is 4.79 Å². The molecule has 0 unspecified atom stereocenters. The van der Waals surface area contributed by atoms with Crippen molar-refractivity contribution in [1.29, 1.82) is 0 Å². The van der Waals surface area contributed by atoms with Crippen molar-refractivity contribution < 1.29 is 13.2 Å². The van der Waals surface area contributed by atoms with Crippen LogP contribution in [0.3, 0.4) is 0 Å². The Morgan fingerprint density at radius 1 is 0.769 bits per heavy atom. The second-order valence-electron chi connectivity index (χ2n) is 5.29. The van der Waals surface area contributed by atoms with Crippen molar-refractivity contribution in [3.63, 3.8) is 0 Å². The molecular formula is C19H15N3O3S. The standard InChI is InChI=1S/C19H15N3O3S/c23-14-20-15-10-12-17(13-11-15)26(24,25)19-9-5-4-8-18(19)22-21-16-6-2-1-3-7-16/h1-14H,(H,20,23). The van der Waals surface area contributed by atoms with Crippen LogP contribution >= 0.6 is 0 Å². The predicted molar refractivity (Wildman–Crippen MR) is 98.6 cm³/mol. The maximum Gasteiger partial charge on any atom is 0.211 e. The molecule has 1 N–H and O–H groups in total. The molecule has 0 saturated heterocycles. The molecule has 3 aromatic rings. The lowest BCUT2D eigenvalue weighted by Crippen LogP contribution is -2.03. The quantitative estimate of drug-likeness (QED) is 0.515. The molecule has 6 nitrogen and oxygen atoms in total. The van der Waals surface area contributed by atoms with E-state index in [1.54, 1.807) is 30.3 Å². The van der Waals surface area contributed by atoms with Crippen LogP contribution in [-0.4, -0.2) is 14.8 Å². The van der Waals surface area contributed by atoms with Gasteiger partial charge in [-0.05, 0) is 48.5 Å². The van der Waals surface area contributed by atoms with Gasteiger partial charge < -0.3 is 5.32 Å². The van der Waals surface area contributed by atoms with E-state index in [-0.39, 0.29) is 15.5 Å². The highest BCUT2D eigenvalue weighted by atomic mass is 32.2. The van der Waals surface area contributed by atoms with E-state index in [0.717, 1.165) is 0 Å². The van der Waals surface area contributed by atoms with Crippen molar-refractivity contribution in [2.24, 2.45) is 10.2 Å². The van der Waals surface area contributed by atoms with Gasteiger partial charge in [0.1, 0.15) is 5.69 Å². The summed E-state index contributed by atoms with van der Waals surface area (Å²) in [5.41, 5.74) is 1.39. The molecule has 0 fully saturated rings. The summed E-state index contributed by atoms with van der Waals surface area (Å²) < 4.78 is 25.9. The number of carbonyl (C=O) groups is 1. The zero-order chi connectivity index (χ0) is 18.4. The molecular weight excluding hydrogens is 350 g/mol. The van der Waals surface area contributed by atoms with Gasteiger partial charge in [0.2, 0.25) is 16.2 Å². The number of rotatable bonds is 6. The maximum absolute atomic E-state index is 12.9. The Labute approximate surface area is 151 Å². The predicted octanol–water partition coefficient (Wildman–Crippen LogP) is 4.50.